The molecule has 0 bridgehead atoms. The zero-order valence-corrected chi connectivity index (χ0v) is 10.5. The molecule has 1 rings (SSSR count). The SMILES string of the molecule is COc1ccc(CCNCCCO)cc1OC. The molecule has 0 saturated heterocycles. The van der Waals surface area contributed by atoms with Gasteiger partial charge in [0, 0.05) is 6.61 Å². The molecule has 0 spiro atoms. The first-order chi connectivity index (χ1) is 8.31. The van der Waals surface area contributed by atoms with Gasteiger partial charge in [-0.2, -0.15) is 0 Å². The Morgan fingerprint density at radius 1 is 1.12 bits per heavy atom. The second-order valence-corrected chi connectivity index (χ2v) is 3.77. The zero-order valence-electron chi connectivity index (χ0n) is 10.5. The summed E-state index contributed by atoms with van der Waals surface area (Å²) in [5.74, 6) is 1.52. The van der Waals surface area contributed by atoms with Gasteiger partial charge < -0.3 is 19.9 Å². The Labute approximate surface area is 103 Å². The molecule has 0 aliphatic carbocycles. The number of hydrogen-bond donors (Lipinski definition) is 2. The second kappa shape index (κ2) is 7.92. The van der Waals surface area contributed by atoms with E-state index in [0.717, 1.165) is 37.4 Å². The highest BCUT2D eigenvalue weighted by Crippen LogP contribution is 2.27. The molecule has 96 valence electrons. The van der Waals surface area contributed by atoms with Crippen LogP contribution < -0.4 is 14.8 Å². The van der Waals surface area contributed by atoms with Crippen LogP contribution in [0.25, 0.3) is 0 Å². The lowest BCUT2D eigenvalue weighted by molar-refractivity contribution is 0.286. The molecular weight excluding hydrogens is 218 g/mol. The van der Waals surface area contributed by atoms with Crippen LogP contribution in [0.4, 0.5) is 0 Å². The van der Waals surface area contributed by atoms with Gasteiger partial charge in [0.25, 0.3) is 0 Å². The van der Waals surface area contributed by atoms with Crippen LogP contribution in [0.5, 0.6) is 11.5 Å². The standard InChI is InChI=1S/C13H21NO3/c1-16-12-5-4-11(10-13(12)17-2)6-8-14-7-3-9-15/h4-5,10,14-15H,3,6-9H2,1-2H3. The normalized spacial score (nSPS) is 10.3. The Morgan fingerprint density at radius 3 is 2.53 bits per heavy atom. The molecule has 0 amide bonds. The molecule has 0 saturated carbocycles. The summed E-state index contributed by atoms with van der Waals surface area (Å²) in [6, 6.07) is 5.95. The summed E-state index contributed by atoms with van der Waals surface area (Å²) in [5.41, 5.74) is 1.21. The van der Waals surface area contributed by atoms with Crippen molar-refractivity contribution in [2.45, 2.75) is 12.8 Å². The molecule has 0 heterocycles. The molecular formula is C13H21NO3. The number of ether oxygens (including phenoxy) is 2. The van der Waals surface area contributed by atoms with Crippen molar-refractivity contribution >= 4 is 0 Å². The molecule has 0 fully saturated rings. The van der Waals surface area contributed by atoms with E-state index < -0.39 is 0 Å². The third-order valence-corrected chi connectivity index (χ3v) is 2.55. The van der Waals surface area contributed by atoms with Crippen molar-refractivity contribution in [3.05, 3.63) is 23.8 Å². The third-order valence-electron chi connectivity index (χ3n) is 2.55. The second-order valence-electron chi connectivity index (χ2n) is 3.77. The van der Waals surface area contributed by atoms with Gasteiger partial charge in [-0.1, -0.05) is 6.07 Å². The molecule has 0 aliphatic rings. The number of hydrogen-bond acceptors (Lipinski definition) is 4. The first kappa shape index (κ1) is 13.8. The third kappa shape index (κ3) is 4.63. The Kier molecular flexibility index (Phi) is 6.43. The Hall–Kier alpha value is -1.26. The van der Waals surface area contributed by atoms with Gasteiger partial charge in [-0.3, -0.25) is 0 Å². The van der Waals surface area contributed by atoms with E-state index in [2.05, 4.69) is 5.32 Å². The number of benzene rings is 1. The number of aliphatic hydroxyl groups excluding tert-OH is 1. The fraction of sp³-hybridized carbons (Fsp3) is 0.538. The molecule has 0 aliphatic heterocycles. The fourth-order valence-corrected chi connectivity index (χ4v) is 1.60. The van der Waals surface area contributed by atoms with E-state index in [-0.39, 0.29) is 6.61 Å². The lowest BCUT2D eigenvalue weighted by Gasteiger charge is -2.09. The molecule has 0 atom stereocenters. The average molecular weight is 239 g/mol. The lowest BCUT2D eigenvalue weighted by atomic mass is 10.1. The first-order valence-corrected chi connectivity index (χ1v) is 5.84. The van der Waals surface area contributed by atoms with Gasteiger partial charge in [0.2, 0.25) is 0 Å². The van der Waals surface area contributed by atoms with E-state index in [1.807, 2.05) is 18.2 Å². The highest BCUT2D eigenvalue weighted by atomic mass is 16.5. The molecule has 17 heavy (non-hydrogen) atoms. The predicted octanol–water partition coefficient (Wildman–Crippen LogP) is 1.22. The Balaban J connectivity index is 2.43. The maximum Gasteiger partial charge on any atom is 0.160 e. The van der Waals surface area contributed by atoms with Crippen molar-refractivity contribution in [1.82, 2.24) is 5.32 Å². The number of nitrogens with one attached hydrogen (secondary N) is 1. The molecule has 4 heteroatoms. The molecule has 1 aromatic rings. The van der Waals surface area contributed by atoms with Crippen LogP contribution in [-0.2, 0) is 6.42 Å². The van der Waals surface area contributed by atoms with Gasteiger partial charge >= 0.3 is 0 Å². The summed E-state index contributed by atoms with van der Waals surface area (Å²) in [5, 5.41) is 11.9. The Bertz CT molecular complexity index is 328. The van der Waals surface area contributed by atoms with Crippen molar-refractivity contribution in [3.8, 4) is 11.5 Å². The number of aliphatic hydroxyl groups is 1. The summed E-state index contributed by atoms with van der Waals surface area (Å²) in [6.07, 6.45) is 1.73. The maximum atomic E-state index is 8.64. The zero-order chi connectivity index (χ0) is 12.5. The van der Waals surface area contributed by atoms with Crippen LogP contribution in [0.3, 0.4) is 0 Å². The fourth-order valence-electron chi connectivity index (χ4n) is 1.60. The van der Waals surface area contributed by atoms with E-state index in [1.54, 1.807) is 14.2 Å². The maximum absolute atomic E-state index is 8.64. The van der Waals surface area contributed by atoms with Crippen molar-refractivity contribution in [1.29, 1.82) is 0 Å². The smallest absolute Gasteiger partial charge is 0.160 e. The van der Waals surface area contributed by atoms with Crippen LogP contribution in [0, 0.1) is 0 Å². The van der Waals surface area contributed by atoms with Gasteiger partial charge in [0.05, 0.1) is 14.2 Å². The van der Waals surface area contributed by atoms with E-state index in [0.29, 0.717) is 0 Å². The van der Waals surface area contributed by atoms with Crippen molar-refractivity contribution in [3.63, 3.8) is 0 Å². The van der Waals surface area contributed by atoms with Crippen molar-refractivity contribution in [2.75, 3.05) is 33.9 Å². The Morgan fingerprint density at radius 2 is 1.88 bits per heavy atom. The van der Waals surface area contributed by atoms with E-state index in [4.69, 9.17) is 14.6 Å². The van der Waals surface area contributed by atoms with Gasteiger partial charge in [0.1, 0.15) is 0 Å². The lowest BCUT2D eigenvalue weighted by Crippen LogP contribution is -2.19. The minimum absolute atomic E-state index is 0.239. The predicted molar refractivity (Wildman–Crippen MR) is 67.8 cm³/mol. The van der Waals surface area contributed by atoms with Gasteiger partial charge in [-0.25, -0.2) is 0 Å². The van der Waals surface area contributed by atoms with Crippen LogP contribution in [0.15, 0.2) is 18.2 Å². The van der Waals surface area contributed by atoms with Crippen LogP contribution in [0.1, 0.15) is 12.0 Å². The van der Waals surface area contributed by atoms with E-state index in [1.165, 1.54) is 5.56 Å². The number of methoxy groups -OCH3 is 2. The van der Waals surface area contributed by atoms with Crippen molar-refractivity contribution < 1.29 is 14.6 Å². The summed E-state index contributed by atoms with van der Waals surface area (Å²) in [7, 11) is 3.27. The van der Waals surface area contributed by atoms with Crippen LogP contribution in [0.2, 0.25) is 0 Å². The average Bonchev–Trinajstić information content (AvgIpc) is 2.38. The summed E-state index contributed by atoms with van der Waals surface area (Å²) < 4.78 is 10.4. The van der Waals surface area contributed by atoms with Crippen LogP contribution in [-0.4, -0.2) is 39.0 Å². The molecule has 2 N–H and O–H groups in total. The quantitative estimate of drug-likeness (QED) is 0.670. The summed E-state index contributed by atoms with van der Waals surface area (Å²) >= 11 is 0. The van der Waals surface area contributed by atoms with Crippen molar-refractivity contribution in [2.24, 2.45) is 0 Å². The molecule has 4 nitrogen and oxygen atoms in total. The minimum Gasteiger partial charge on any atom is -0.493 e. The molecule has 1 aromatic carbocycles. The summed E-state index contributed by atoms with van der Waals surface area (Å²) in [4.78, 5) is 0. The first-order valence-electron chi connectivity index (χ1n) is 5.84. The minimum atomic E-state index is 0.239. The topological polar surface area (TPSA) is 50.7 Å². The highest BCUT2D eigenvalue weighted by molar-refractivity contribution is 5.42. The van der Waals surface area contributed by atoms with Crippen LogP contribution >= 0.6 is 0 Å². The number of rotatable bonds is 8. The van der Waals surface area contributed by atoms with Gasteiger partial charge in [0.15, 0.2) is 11.5 Å². The highest BCUT2D eigenvalue weighted by Gasteiger charge is 2.03. The van der Waals surface area contributed by atoms with Gasteiger partial charge in [-0.15, -0.1) is 0 Å². The molecule has 0 unspecified atom stereocenters. The van der Waals surface area contributed by atoms with Gasteiger partial charge in [-0.05, 0) is 43.6 Å². The summed E-state index contributed by atoms with van der Waals surface area (Å²) in [6.45, 7) is 1.99. The molecule has 0 radical (unpaired) electrons. The molecule has 0 aromatic heterocycles. The largest absolute Gasteiger partial charge is 0.493 e. The van der Waals surface area contributed by atoms with E-state index in [9.17, 15) is 0 Å². The monoisotopic (exact) mass is 239 g/mol. The van der Waals surface area contributed by atoms with E-state index >= 15 is 0 Å².